The van der Waals surface area contributed by atoms with Gasteiger partial charge >= 0.3 is 6.18 Å². The monoisotopic (exact) mass is 613 g/mol. The first-order valence-corrected chi connectivity index (χ1v) is 15.3. The molecule has 0 aromatic heterocycles. The smallest absolute Gasteiger partial charge is 0.396 e. The second-order valence-corrected chi connectivity index (χ2v) is 12.0. The molecule has 5 rings (SSSR count). The quantitative estimate of drug-likeness (QED) is 0.356. The van der Waals surface area contributed by atoms with Gasteiger partial charge in [-0.15, -0.1) is 0 Å². The SMILES string of the molecule is Cc1cccc(F)c1C(=O)N1CCC[C@H](C(=O)Nc2ccccc2CCO)[C@@H]1C1C=CC(CN2CCCC2C(F)(F)F)=CC1. The summed E-state index contributed by atoms with van der Waals surface area (Å²) >= 11 is 0. The van der Waals surface area contributed by atoms with Crippen molar-refractivity contribution < 1.29 is 32.3 Å². The van der Waals surface area contributed by atoms with Crippen molar-refractivity contribution in [2.24, 2.45) is 11.8 Å². The highest BCUT2D eigenvalue weighted by Gasteiger charge is 2.46. The number of rotatable bonds is 8. The van der Waals surface area contributed by atoms with E-state index in [0.717, 1.165) is 11.1 Å². The fourth-order valence-electron chi connectivity index (χ4n) is 7.00. The molecular weight excluding hydrogens is 574 g/mol. The number of para-hydroxylation sites is 1. The fourth-order valence-corrected chi connectivity index (χ4v) is 7.00. The molecule has 6 nitrogen and oxygen atoms in total. The zero-order valence-electron chi connectivity index (χ0n) is 24.8. The Balaban J connectivity index is 1.42. The summed E-state index contributed by atoms with van der Waals surface area (Å²) in [5.74, 6) is -2.27. The van der Waals surface area contributed by atoms with E-state index in [1.807, 2.05) is 30.4 Å². The van der Waals surface area contributed by atoms with Crippen molar-refractivity contribution in [3.05, 3.63) is 88.8 Å². The van der Waals surface area contributed by atoms with E-state index in [1.165, 1.54) is 11.0 Å². The number of carbonyl (C=O) groups excluding carboxylic acids is 2. The summed E-state index contributed by atoms with van der Waals surface area (Å²) in [4.78, 5) is 30.9. The van der Waals surface area contributed by atoms with Gasteiger partial charge in [-0.25, -0.2) is 4.39 Å². The molecule has 0 saturated carbocycles. The molecule has 0 spiro atoms. The first kappa shape index (κ1) is 31.9. The van der Waals surface area contributed by atoms with E-state index in [9.17, 15) is 32.3 Å². The predicted molar refractivity (Wildman–Crippen MR) is 161 cm³/mol. The Morgan fingerprint density at radius 1 is 1.05 bits per heavy atom. The number of nitrogens with one attached hydrogen (secondary N) is 1. The Hall–Kier alpha value is -3.50. The van der Waals surface area contributed by atoms with Crippen LogP contribution in [0, 0.1) is 24.6 Å². The topological polar surface area (TPSA) is 72.9 Å². The van der Waals surface area contributed by atoms with Crippen LogP contribution < -0.4 is 5.32 Å². The Kier molecular flexibility index (Phi) is 9.90. The third-order valence-electron chi connectivity index (χ3n) is 9.15. The third-order valence-corrected chi connectivity index (χ3v) is 9.15. The summed E-state index contributed by atoms with van der Waals surface area (Å²) in [7, 11) is 0. The number of nitrogens with zero attached hydrogens (tertiary/aromatic N) is 2. The van der Waals surface area contributed by atoms with E-state index in [4.69, 9.17) is 0 Å². The molecule has 236 valence electrons. The lowest BCUT2D eigenvalue weighted by Gasteiger charge is -2.44. The number of halogens is 4. The zero-order valence-corrected chi connectivity index (χ0v) is 24.8. The minimum Gasteiger partial charge on any atom is -0.396 e. The third kappa shape index (κ3) is 6.91. The fraction of sp³-hybridized carbons (Fsp3) is 0.471. The maximum atomic E-state index is 15.0. The summed E-state index contributed by atoms with van der Waals surface area (Å²) in [6, 6.07) is 9.67. The molecular formula is C34H39F4N3O3. The number of hydrogen-bond donors (Lipinski definition) is 2. The summed E-state index contributed by atoms with van der Waals surface area (Å²) in [5, 5.41) is 12.5. The molecule has 2 aliphatic heterocycles. The van der Waals surface area contributed by atoms with E-state index in [0.29, 0.717) is 56.4 Å². The zero-order chi connectivity index (χ0) is 31.4. The number of benzene rings is 2. The first-order valence-electron chi connectivity index (χ1n) is 15.3. The number of carbonyl (C=O) groups is 2. The van der Waals surface area contributed by atoms with E-state index >= 15 is 0 Å². The van der Waals surface area contributed by atoms with Crippen LogP contribution in [0.5, 0.6) is 0 Å². The molecule has 3 aliphatic rings. The van der Waals surface area contributed by atoms with Crippen molar-refractivity contribution in [3.63, 3.8) is 0 Å². The first-order chi connectivity index (χ1) is 21.1. The van der Waals surface area contributed by atoms with Gasteiger partial charge < -0.3 is 15.3 Å². The summed E-state index contributed by atoms with van der Waals surface area (Å²) in [5.41, 5.74) is 2.63. The van der Waals surface area contributed by atoms with Gasteiger partial charge in [0.15, 0.2) is 0 Å². The van der Waals surface area contributed by atoms with Crippen molar-refractivity contribution in [3.8, 4) is 0 Å². The number of aryl methyl sites for hydroxylation is 1. The summed E-state index contributed by atoms with van der Waals surface area (Å²) < 4.78 is 55.6. The number of aliphatic hydroxyl groups is 1. The second-order valence-electron chi connectivity index (χ2n) is 12.0. The molecule has 10 heteroatoms. The van der Waals surface area contributed by atoms with Gasteiger partial charge in [0, 0.05) is 31.3 Å². The standard InChI is InChI=1S/C34H39F4N3O3/c1-22-7-4-10-27(35)30(22)33(44)41-19-5-9-26(32(43)39-28-11-3-2-8-24(28)17-20-42)31(41)25-15-13-23(14-16-25)21-40-18-6-12-29(40)34(36,37)38/h2-4,7-8,10-11,13-15,25-26,29,31,42H,5-6,9,12,16-21H2,1H3,(H,39,43)/t25?,26-,29?,31-/m0/s1. The Morgan fingerprint density at radius 2 is 1.82 bits per heavy atom. The highest BCUT2D eigenvalue weighted by Crippen LogP contribution is 2.38. The molecule has 2 aromatic carbocycles. The van der Waals surface area contributed by atoms with Crippen molar-refractivity contribution in [1.82, 2.24) is 9.80 Å². The van der Waals surface area contributed by atoms with Gasteiger partial charge in [-0.3, -0.25) is 14.5 Å². The van der Waals surface area contributed by atoms with E-state index < -0.39 is 35.9 Å². The average Bonchev–Trinajstić information content (AvgIpc) is 3.47. The van der Waals surface area contributed by atoms with Crippen molar-refractivity contribution in [2.75, 3.05) is 31.6 Å². The second kappa shape index (κ2) is 13.6. The number of aliphatic hydroxyl groups excluding tert-OH is 1. The lowest BCUT2D eigenvalue weighted by molar-refractivity contribution is -0.174. The van der Waals surface area contributed by atoms with Crippen LogP contribution >= 0.6 is 0 Å². The Morgan fingerprint density at radius 3 is 2.52 bits per heavy atom. The lowest BCUT2D eigenvalue weighted by Crippen LogP contribution is -2.55. The number of allylic oxidation sites excluding steroid dienone is 1. The van der Waals surface area contributed by atoms with Gasteiger partial charge in [0.25, 0.3) is 5.91 Å². The van der Waals surface area contributed by atoms with E-state index in [2.05, 4.69) is 5.32 Å². The van der Waals surface area contributed by atoms with Crippen LogP contribution in [-0.2, 0) is 11.2 Å². The maximum absolute atomic E-state index is 15.0. The van der Waals surface area contributed by atoms with Crippen molar-refractivity contribution in [1.29, 1.82) is 0 Å². The number of alkyl halides is 3. The number of piperidine rings is 1. The van der Waals surface area contributed by atoms with Gasteiger partial charge in [0.2, 0.25) is 5.91 Å². The molecule has 4 atom stereocenters. The number of hydrogen-bond acceptors (Lipinski definition) is 4. The minimum absolute atomic E-state index is 0.0184. The predicted octanol–water partition coefficient (Wildman–Crippen LogP) is 6.06. The van der Waals surface area contributed by atoms with E-state index in [1.54, 1.807) is 36.1 Å². The van der Waals surface area contributed by atoms with Crippen molar-refractivity contribution in [2.45, 2.75) is 63.7 Å². The van der Waals surface area contributed by atoms with Gasteiger partial charge in [0.05, 0.1) is 17.5 Å². The van der Waals surface area contributed by atoms with E-state index in [-0.39, 0.29) is 37.0 Å². The summed E-state index contributed by atoms with van der Waals surface area (Å²) in [6.45, 7) is 2.52. The molecule has 2 amide bonds. The molecule has 44 heavy (non-hydrogen) atoms. The average molecular weight is 614 g/mol. The van der Waals surface area contributed by atoms with Crippen LogP contribution in [0.2, 0.25) is 0 Å². The molecule has 2 saturated heterocycles. The molecule has 2 unspecified atom stereocenters. The maximum Gasteiger partial charge on any atom is 0.404 e. The lowest BCUT2D eigenvalue weighted by atomic mass is 9.77. The minimum atomic E-state index is -4.28. The van der Waals surface area contributed by atoms with Gasteiger partial charge in [-0.2, -0.15) is 13.2 Å². The van der Waals surface area contributed by atoms with Crippen LogP contribution in [0.15, 0.2) is 66.3 Å². The Bertz CT molecular complexity index is 1400. The molecule has 0 radical (unpaired) electrons. The van der Waals surface area contributed by atoms with Gasteiger partial charge in [0.1, 0.15) is 11.9 Å². The Labute approximate surface area is 255 Å². The molecule has 0 bridgehead atoms. The van der Waals surface area contributed by atoms with Crippen LogP contribution in [0.1, 0.15) is 53.6 Å². The van der Waals surface area contributed by atoms with Crippen LogP contribution in [0.4, 0.5) is 23.2 Å². The molecule has 1 aliphatic carbocycles. The number of likely N-dealkylation sites (tertiary alicyclic amines) is 2. The summed E-state index contributed by atoms with van der Waals surface area (Å²) in [6.07, 6.45) is 3.81. The van der Waals surface area contributed by atoms with Crippen LogP contribution in [0.3, 0.4) is 0 Å². The molecule has 2 fully saturated rings. The van der Waals surface area contributed by atoms with Crippen LogP contribution in [0.25, 0.3) is 0 Å². The number of amides is 2. The normalized spacial score (nSPS) is 24.3. The van der Waals surface area contributed by atoms with Crippen LogP contribution in [-0.4, -0.2) is 71.2 Å². The highest BCUT2D eigenvalue weighted by molar-refractivity contribution is 5.98. The highest BCUT2D eigenvalue weighted by atomic mass is 19.4. The van der Waals surface area contributed by atoms with Gasteiger partial charge in [-0.1, -0.05) is 48.6 Å². The molecule has 2 N–H and O–H groups in total. The van der Waals surface area contributed by atoms with Gasteiger partial charge in [-0.05, 0) is 80.8 Å². The molecule has 2 aromatic rings. The van der Waals surface area contributed by atoms with Crippen molar-refractivity contribution >= 4 is 17.5 Å². The molecule has 2 heterocycles. The largest absolute Gasteiger partial charge is 0.404 e. The number of anilines is 1.